The van der Waals surface area contributed by atoms with Gasteiger partial charge in [-0.15, -0.1) is 0 Å². The molecule has 0 radical (unpaired) electrons. The molecular weight excluding hydrogens is 747 g/mol. The van der Waals surface area contributed by atoms with Gasteiger partial charge in [0.15, 0.2) is 0 Å². The lowest BCUT2D eigenvalue weighted by Crippen LogP contribution is -2.60. The molecule has 1 heterocycles. The molecule has 2 aliphatic rings. The number of likely N-dealkylation sites (N-methyl/N-ethyl adjacent to an activating group) is 1. The van der Waals surface area contributed by atoms with Crippen LogP contribution in [0.3, 0.4) is 0 Å². The van der Waals surface area contributed by atoms with Crippen molar-refractivity contribution in [3.05, 3.63) is 136 Å². The van der Waals surface area contributed by atoms with Crippen LogP contribution >= 0.6 is 0 Å². The quantitative estimate of drug-likeness (QED) is 0.148. The van der Waals surface area contributed by atoms with Crippen LogP contribution < -0.4 is 15.5 Å². The van der Waals surface area contributed by atoms with E-state index in [1.165, 1.54) is 17.5 Å². The van der Waals surface area contributed by atoms with Crippen LogP contribution in [0.25, 0.3) is 0 Å². The van der Waals surface area contributed by atoms with E-state index in [0.29, 0.717) is 13.0 Å². The molecule has 0 saturated carbocycles. The molecule has 4 aromatic rings. The summed E-state index contributed by atoms with van der Waals surface area (Å²) in [5.41, 5.74) is 6.29. The molecule has 4 aromatic carbocycles. The molecule has 12 nitrogen and oxygen atoms in total. The molecule has 0 saturated heterocycles. The number of hydrogen-bond acceptors (Lipinski definition) is 7. The number of carboxylic acids is 1. The molecule has 310 valence electrons. The topological polar surface area (TPSA) is 149 Å². The van der Waals surface area contributed by atoms with Crippen LogP contribution in [-0.2, 0) is 51.5 Å². The summed E-state index contributed by atoms with van der Waals surface area (Å²) in [7, 11) is 3.41. The molecule has 1 aliphatic carbocycles. The Hall–Kier alpha value is -6.17. The molecule has 3 unspecified atom stereocenters. The van der Waals surface area contributed by atoms with Crippen LogP contribution in [-0.4, -0.2) is 82.5 Å². The Morgan fingerprint density at radius 1 is 0.847 bits per heavy atom. The zero-order valence-electron chi connectivity index (χ0n) is 34.7. The standard InChI is InChI=1S/C47H55N5O7/c1-30(51(6)46(58)59-47(2,3)4)42(53)49-40(26-31-20-24-37(25-21-31)50(5)28-32-18-22-34(23-19-32)45(56)57)44(55)52-29-36-14-8-7-13-35(36)27-41(52)43(54)48-39-17-11-15-33-12-9-10-16-38(33)39/h7-10,12-14,16,18-25,30,39-41H,11,15,17,26-29H2,1-6H3,(H,48,54)(H,49,53)(H,56,57)/t30-,39?,40?,41?/m0/s1. The summed E-state index contributed by atoms with van der Waals surface area (Å²) in [6.07, 6.45) is 2.46. The van der Waals surface area contributed by atoms with Gasteiger partial charge in [0.05, 0.1) is 11.6 Å². The fourth-order valence-corrected chi connectivity index (χ4v) is 7.76. The monoisotopic (exact) mass is 801 g/mol. The van der Waals surface area contributed by atoms with Crippen molar-refractivity contribution in [1.29, 1.82) is 0 Å². The number of hydrogen-bond donors (Lipinski definition) is 3. The van der Waals surface area contributed by atoms with Gasteiger partial charge in [0.1, 0.15) is 23.7 Å². The van der Waals surface area contributed by atoms with E-state index in [0.717, 1.165) is 52.8 Å². The third kappa shape index (κ3) is 10.5. The molecule has 0 bridgehead atoms. The number of nitrogens with one attached hydrogen (secondary N) is 2. The lowest BCUT2D eigenvalue weighted by molar-refractivity contribution is -0.145. The lowest BCUT2D eigenvalue weighted by Gasteiger charge is -2.39. The number of rotatable bonds is 12. The zero-order valence-corrected chi connectivity index (χ0v) is 34.7. The number of carbonyl (C=O) groups is 5. The van der Waals surface area contributed by atoms with Crippen molar-refractivity contribution in [2.24, 2.45) is 0 Å². The second-order valence-corrected chi connectivity index (χ2v) is 16.7. The Balaban J connectivity index is 1.26. The van der Waals surface area contributed by atoms with Gasteiger partial charge in [0, 0.05) is 45.7 Å². The highest BCUT2D eigenvalue weighted by Gasteiger charge is 2.40. The molecule has 4 atom stereocenters. The number of carbonyl (C=O) groups excluding carboxylic acids is 4. The average molecular weight is 802 g/mol. The van der Waals surface area contributed by atoms with Crippen molar-refractivity contribution < 1.29 is 33.8 Å². The van der Waals surface area contributed by atoms with Gasteiger partial charge in [0.25, 0.3) is 0 Å². The van der Waals surface area contributed by atoms with E-state index in [2.05, 4.69) is 22.8 Å². The number of aromatic carboxylic acids is 1. The minimum Gasteiger partial charge on any atom is -0.478 e. The highest BCUT2D eigenvalue weighted by Crippen LogP contribution is 2.31. The molecular formula is C47H55N5O7. The van der Waals surface area contributed by atoms with Crippen LogP contribution in [0, 0.1) is 0 Å². The third-order valence-corrected chi connectivity index (χ3v) is 11.2. The van der Waals surface area contributed by atoms with Crippen molar-refractivity contribution in [2.75, 3.05) is 19.0 Å². The largest absolute Gasteiger partial charge is 0.478 e. The Morgan fingerprint density at radius 3 is 2.14 bits per heavy atom. The summed E-state index contributed by atoms with van der Waals surface area (Å²) in [6.45, 7) is 7.54. The first-order valence-corrected chi connectivity index (χ1v) is 20.2. The Labute approximate surface area is 346 Å². The molecule has 6 rings (SSSR count). The van der Waals surface area contributed by atoms with Gasteiger partial charge in [-0.3, -0.25) is 19.3 Å². The lowest BCUT2D eigenvalue weighted by atomic mass is 9.87. The number of fused-ring (bicyclic) bond motifs is 2. The van der Waals surface area contributed by atoms with Crippen LogP contribution in [0.1, 0.15) is 90.3 Å². The van der Waals surface area contributed by atoms with Gasteiger partial charge < -0.3 is 30.3 Å². The zero-order chi connectivity index (χ0) is 42.4. The maximum Gasteiger partial charge on any atom is 0.410 e. The summed E-state index contributed by atoms with van der Waals surface area (Å²) < 4.78 is 5.51. The van der Waals surface area contributed by atoms with Gasteiger partial charge >= 0.3 is 12.1 Å². The van der Waals surface area contributed by atoms with E-state index in [-0.39, 0.29) is 30.5 Å². The van der Waals surface area contributed by atoms with E-state index >= 15 is 0 Å². The number of anilines is 1. The SMILES string of the molecule is C[C@@H](C(=O)NC(Cc1ccc(N(C)Cc2ccc(C(=O)O)cc2)cc1)C(=O)N1Cc2ccccc2CC1C(=O)NC1CCCc2ccccc21)N(C)C(=O)OC(C)(C)C. The van der Waals surface area contributed by atoms with Crippen molar-refractivity contribution >= 4 is 35.5 Å². The normalized spacial score (nSPS) is 17.0. The maximum absolute atomic E-state index is 15.0. The van der Waals surface area contributed by atoms with Crippen LogP contribution in [0.5, 0.6) is 0 Å². The number of benzene rings is 4. The molecule has 4 amide bonds. The predicted molar refractivity (Wildman–Crippen MR) is 226 cm³/mol. The predicted octanol–water partition coefficient (Wildman–Crippen LogP) is 6.45. The van der Waals surface area contributed by atoms with Crippen LogP contribution in [0.2, 0.25) is 0 Å². The van der Waals surface area contributed by atoms with E-state index in [9.17, 15) is 29.1 Å². The van der Waals surface area contributed by atoms with E-state index < -0.39 is 47.6 Å². The van der Waals surface area contributed by atoms with E-state index in [1.807, 2.05) is 72.6 Å². The van der Waals surface area contributed by atoms with Gasteiger partial charge in [-0.2, -0.15) is 0 Å². The average Bonchev–Trinajstić information content (AvgIpc) is 3.22. The second kappa shape index (κ2) is 18.2. The van der Waals surface area contributed by atoms with E-state index in [1.54, 1.807) is 56.9 Å². The Morgan fingerprint density at radius 2 is 1.47 bits per heavy atom. The Kier molecular flexibility index (Phi) is 13.1. The molecule has 1 aliphatic heterocycles. The van der Waals surface area contributed by atoms with Crippen molar-refractivity contribution in [1.82, 2.24) is 20.4 Å². The van der Waals surface area contributed by atoms with Crippen molar-refractivity contribution in [3.8, 4) is 0 Å². The minimum absolute atomic E-state index is 0.122. The summed E-state index contributed by atoms with van der Waals surface area (Å²) in [5.74, 6) is -2.18. The molecule has 0 spiro atoms. The number of carboxylic acid groups (broad SMARTS) is 1. The third-order valence-electron chi connectivity index (χ3n) is 11.2. The fourth-order valence-electron chi connectivity index (χ4n) is 7.76. The molecule has 12 heteroatoms. The smallest absolute Gasteiger partial charge is 0.410 e. The summed E-state index contributed by atoms with van der Waals surface area (Å²) in [6, 6.07) is 27.3. The van der Waals surface area contributed by atoms with Crippen molar-refractivity contribution in [3.63, 3.8) is 0 Å². The first-order chi connectivity index (χ1) is 28.1. The van der Waals surface area contributed by atoms with Gasteiger partial charge in [-0.05, 0) is 105 Å². The number of ether oxygens (including phenoxy) is 1. The Bertz CT molecular complexity index is 2160. The molecule has 0 aromatic heterocycles. The second-order valence-electron chi connectivity index (χ2n) is 16.7. The van der Waals surface area contributed by atoms with Gasteiger partial charge in [-0.1, -0.05) is 72.8 Å². The first kappa shape index (κ1) is 42.4. The summed E-state index contributed by atoms with van der Waals surface area (Å²) in [5, 5.41) is 15.5. The molecule has 59 heavy (non-hydrogen) atoms. The highest BCUT2D eigenvalue weighted by atomic mass is 16.6. The molecule has 3 N–H and O–H groups in total. The maximum atomic E-state index is 15.0. The number of aryl methyl sites for hydroxylation is 1. The van der Waals surface area contributed by atoms with E-state index in [4.69, 9.17) is 4.74 Å². The molecule has 0 fully saturated rings. The van der Waals surface area contributed by atoms with Gasteiger partial charge in [0.2, 0.25) is 17.7 Å². The minimum atomic E-state index is -1.08. The van der Waals surface area contributed by atoms with Crippen LogP contribution in [0.15, 0.2) is 97.1 Å². The highest BCUT2D eigenvalue weighted by molar-refractivity contribution is 5.94. The number of amides is 4. The number of nitrogens with zero attached hydrogens (tertiary/aromatic N) is 3. The summed E-state index contributed by atoms with van der Waals surface area (Å²) in [4.78, 5) is 72.4. The van der Waals surface area contributed by atoms with Gasteiger partial charge in [-0.25, -0.2) is 9.59 Å². The van der Waals surface area contributed by atoms with Crippen LogP contribution in [0.4, 0.5) is 10.5 Å². The first-order valence-electron chi connectivity index (χ1n) is 20.2. The fraction of sp³-hybridized carbons (Fsp3) is 0.383. The van der Waals surface area contributed by atoms with Crippen molar-refractivity contribution in [2.45, 2.75) is 103 Å². The summed E-state index contributed by atoms with van der Waals surface area (Å²) >= 11 is 0.